The van der Waals surface area contributed by atoms with Gasteiger partial charge in [-0.05, 0) is 110 Å². The first kappa shape index (κ1) is 31.7. The molecule has 9 rings (SSSR count). The third-order valence-electron chi connectivity index (χ3n) is 9.13. The molecule has 5 heterocycles. The molecular weight excluding hydrogens is 596 g/mol. The van der Waals surface area contributed by atoms with Crippen molar-refractivity contribution in [1.29, 1.82) is 0 Å². The summed E-state index contributed by atoms with van der Waals surface area (Å²) < 4.78 is 0. The van der Waals surface area contributed by atoms with Gasteiger partial charge in [0.1, 0.15) is 0 Å². The zero-order chi connectivity index (χ0) is 26.2. The largest absolute Gasteiger partial charge is 2.00 e. The maximum atomic E-state index is 5.14. The van der Waals surface area contributed by atoms with E-state index in [1.54, 1.807) is 0 Å². The Labute approximate surface area is 270 Å². The number of rotatable bonds is 0. The first-order valence-electron chi connectivity index (χ1n) is 14.8. The van der Waals surface area contributed by atoms with Crippen LogP contribution in [0.5, 0.6) is 0 Å². The molecule has 8 bridgehead atoms. The van der Waals surface area contributed by atoms with Crippen LogP contribution in [0.4, 0.5) is 0 Å². The zero-order valence-corrected chi connectivity index (χ0v) is 23.6. The van der Waals surface area contributed by atoms with E-state index < -0.39 is 0 Å². The summed E-state index contributed by atoms with van der Waals surface area (Å²) in [6, 6.07) is 8.21. The SMILES string of the molecule is C.C.C.[Cu+2].c1ccc2c(c1)-c1nc-2nc2[n-]c(nc3nc(nc4[n-]c(n1)c1c4CCCC1)C1=C3CCCC1)c1c2CCCC1. The molecule has 4 aromatic rings. The third kappa shape index (κ3) is 4.90. The van der Waals surface area contributed by atoms with Gasteiger partial charge in [0.05, 0.1) is 23.3 Å². The number of benzene rings is 1. The van der Waals surface area contributed by atoms with Gasteiger partial charge in [0, 0.05) is 33.7 Å². The van der Waals surface area contributed by atoms with Crippen molar-refractivity contribution >= 4 is 33.7 Å². The van der Waals surface area contributed by atoms with Gasteiger partial charge in [-0.2, -0.15) is 0 Å². The van der Waals surface area contributed by atoms with Crippen molar-refractivity contribution in [2.24, 2.45) is 0 Å². The zero-order valence-electron chi connectivity index (χ0n) is 22.7. The molecule has 3 aromatic heterocycles. The van der Waals surface area contributed by atoms with E-state index in [2.05, 4.69) is 12.1 Å². The summed E-state index contributed by atoms with van der Waals surface area (Å²) in [5.41, 5.74) is 12.3. The number of aromatic nitrogens is 8. The average Bonchev–Trinajstić information content (AvgIpc) is 3.73. The van der Waals surface area contributed by atoms with Crippen LogP contribution in [-0.4, -0.2) is 29.9 Å². The van der Waals surface area contributed by atoms with Crippen LogP contribution < -0.4 is 9.97 Å². The molecule has 5 aliphatic rings. The Morgan fingerprint density at radius 2 is 0.727 bits per heavy atom. The topological polar surface area (TPSA) is 106 Å². The summed E-state index contributed by atoms with van der Waals surface area (Å²) in [7, 11) is 0. The molecule has 0 saturated heterocycles. The summed E-state index contributed by atoms with van der Waals surface area (Å²) in [5.74, 6) is 2.88. The Morgan fingerprint density at radius 3 is 1.11 bits per heavy atom. The van der Waals surface area contributed by atoms with Crippen molar-refractivity contribution in [3.63, 3.8) is 0 Å². The molecule has 3 aliphatic carbocycles. The normalized spacial score (nSPS) is 16.1. The van der Waals surface area contributed by atoms with Gasteiger partial charge in [-0.1, -0.05) is 46.5 Å². The molecule has 0 amide bonds. The molecule has 0 N–H and O–H groups in total. The molecule has 0 saturated carbocycles. The molecule has 1 radical (unpaired) electrons. The van der Waals surface area contributed by atoms with E-state index in [1.807, 2.05) is 12.1 Å². The monoisotopic (exact) mass is 635 g/mol. The fourth-order valence-corrected chi connectivity index (χ4v) is 7.12. The van der Waals surface area contributed by atoms with Gasteiger partial charge in [-0.3, -0.25) is 0 Å². The fourth-order valence-electron chi connectivity index (χ4n) is 7.12. The Balaban J connectivity index is 0.000000960. The Kier molecular flexibility index (Phi) is 8.92. The van der Waals surface area contributed by atoms with Crippen LogP contribution >= 0.6 is 0 Å². The third-order valence-corrected chi connectivity index (χ3v) is 9.13. The van der Waals surface area contributed by atoms with Crippen LogP contribution in [0.2, 0.25) is 0 Å². The number of aryl methyl sites for hydroxylation is 4. The van der Waals surface area contributed by atoms with Crippen molar-refractivity contribution in [1.82, 2.24) is 39.9 Å². The molecular formula is C35H40CuN8. The van der Waals surface area contributed by atoms with Crippen LogP contribution in [0, 0.1) is 0 Å². The summed E-state index contributed by atoms with van der Waals surface area (Å²) in [4.78, 5) is 40.5. The van der Waals surface area contributed by atoms with Crippen molar-refractivity contribution in [3.8, 4) is 22.8 Å². The Bertz CT molecular complexity index is 1800. The molecule has 8 nitrogen and oxygen atoms in total. The van der Waals surface area contributed by atoms with Gasteiger partial charge in [0.15, 0.2) is 0 Å². The first-order chi connectivity index (χ1) is 19.8. The second kappa shape index (κ2) is 12.4. The molecule has 1 aromatic carbocycles. The van der Waals surface area contributed by atoms with E-state index in [9.17, 15) is 0 Å². The molecule has 9 heteroatoms. The van der Waals surface area contributed by atoms with Gasteiger partial charge >= 0.3 is 17.1 Å². The Morgan fingerprint density at radius 1 is 0.409 bits per heavy atom. The smallest absolute Gasteiger partial charge is 0.358 e. The van der Waals surface area contributed by atoms with Gasteiger partial charge in [0.25, 0.3) is 0 Å². The molecule has 2 aliphatic heterocycles. The van der Waals surface area contributed by atoms with Crippen molar-refractivity contribution in [3.05, 3.63) is 58.2 Å². The van der Waals surface area contributed by atoms with E-state index >= 15 is 0 Å². The van der Waals surface area contributed by atoms with Crippen LogP contribution in [-0.2, 0) is 42.8 Å². The van der Waals surface area contributed by atoms with Gasteiger partial charge in [-0.25, -0.2) is 9.97 Å². The van der Waals surface area contributed by atoms with Gasteiger partial charge < -0.3 is 29.9 Å². The van der Waals surface area contributed by atoms with Gasteiger partial charge in [-0.15, -0.1) is 0 Å². The van der Waals surface area contributed by atoms with Gasteiger partial charge in [0.2, 0.25) is 0 Å². The standard InChI is InChI=1S/C32H28N8.3CH4.Cu/c1-2-10-18-17(9-1)25-33-26(18)38-28-21-13-5-6-14-22(21)30(35-28)40-32-24-16-8-7-15-23(24)31(36-32)39-29-20-12-4-3-11-19(20)27(34-29)37-25;;;;/h1-2,9-10H,3-8,11-16H2;3*1H4;/q-2;;;;+2. The average molecular weight is 636 g/mol. The summed E-state index contributed by atoms with van der Waals surface area (Å²) in [5, 5.41) is 0. The molecule has 0 unspecified atom stereocenters. The van der Waals surface area contributed by atoms with E-state index in [1.165, 1.54) is 33.4 Å². The molecule has 44 heavy (non-hydrogen) atoms. The number of allylic oxidation sites excluding steroid dienone is 2. The Hall–Kier alpha value is -3.68. The fraction of sp³-hybridized carbons (Fsp3) is 0.429. The summed E-state index contributed by atoms with van der Waals surface area (Å²) in [6.07, 6.45) is 12.7. The van der Waals surface area contributed by atoms with Crippen molar-refractivity contribution in [2.75, 3.05) is 0 Å². The minimum atomic E-state index is 0. The van der Waals surface area contributed by atoms with Crippen LogP contribution in [0.1, 0.15) is 108 Å². The predicted octanol–water partition coefficient (Wildman–Crippen LogP) is 7.64. The summed E-state index contributed by atoms with van der Waals surface area (Å²) >= 11 is 0. The van der Waals surface area contributed by atoms with E-state index in [-0.39, 0.29) is 39.3 Å². The van der Waals surface area contributed by atoms with E-state index in [0.717, 1.165) is 122 Å². The van der Waals surface area contributed by atoms with Crippen LogP contribution in [0.15, 0.2) is 24.3 Å². The number of hydrogen-bond acceptors (Lipinski definition) is 6. The number of fused-ring (bicyclic) bond motifs is 19. The molecule has 0 atom stereocenters. The molecule has 231 valence electrons. The second-order valence-corrected chi connectivity index (χ2v) is 11.5. The minimum absolute atomic E-state index is 0. The number of hydrogen-bond donors (Lipinski definition) is 0. The maximum Gasteiger partial charge on any atom is 2.00 e. The predicted molar refractivity (Wildman–Crippen MR) is 173 cm³/mol. The van der Waals surface area contributed by atoms with E-state index in [0.29, 0.717) is 11.6 Å². The maximum absolute atomic E-state index is 5.14. The molecule has 0 spiro atoms. The first-order valence-corrected chi connectivity index (χ1v) is 14.8. The summed E-state index contributed by atoms with van der Waals surface area (Å²) in [6.45, 7) is 0. The minimum Gasteiger partial charge on any atom is -0.358 e. The molecule has 0 fully saturated rings. The van der Waals surface area contributed by atoms with Crippen molar-refractivity contribution < 1.29 is 17.1 Å². The quantitative estimate of drug-likeness (QED) is 0.160. The second-order valence-electron chi connectivity index (χ2n) is 11.5. The van der Waals surface area contributed by atoms with Crippen LogP contribution in [0.3, 0.4) is 0 Å². The van der Waals surface area contributed by atoms with Crippen LogP contribution in [0.25, 0.3) is 56.5 Å². The van der Waals surface area contributed by atoms with Crippen molar-refractivity contribution in [2.45, 2.75) is 99.3 Å². The number of nitrogens with zero attached hydrogens (tertiary/aromatic N) is 8. The van der Waals surface area contributed by atoms with E-state index in [4.69, 9.17) is 39.9 Å².